The zero-order chi connectivity index (χ0) is 12.3. The number of hydrogen-bond acceptors (Lipinski definition) is 4. The molecule has 2 rings (SSSR count). The second-order valence-electron chi connectivity index (χ2n) is 5.15. The second kappa shape index (κ2) is 6.14. The van der Waals surface area contributed by atoms with Crippen molar-refractivity contribution in [1.82, 2.24) is 4.90 Å². The highest BCUT2D eigenvalue weighted by Gasteiger charge is 2.40. The molecule has 0 aromatic carbocycles. The monoisotopic (exact) mass is 242 g/mol. The number of hydrogen-bond donors (Lipinski definition) is 1. The van der Waals surface area contributed by atoms with Gasteiger partial charge >= 0.3 is 0 Å². The van der Waals surface area contributed by atoms with Gasteiger partial charge in [0.05, 0.1) is 6.54 Å². The fraction of sp³-hybridized carbons (Fsp3) is 1.00. The molecule has 4 nitrogen and oxygen atoms in total. The molecule has 2 aliphatic rings. The van der Waals surface area contributed by atoms with E-state index in [4.69, 9.17) is 15.2 Å². The maximum atomic E-state index is 6.08. The van der Waals surface area contributed by atoms with Crippen molar-refractivity contribution >= 4 is 0 Å². The first kappa shape index (κ1) is 13.3. The molecule has 2 bridgehead atoms. The predicted octanol–water partition coefficient (Wildman–Crippen LogP) is 1.34. The van der Waals surface area contributed by atoms with Gasteiger partial charge in [0.2, 0.25) is 0 Å². The minimum absolute atomic E-state index is 0.0672. The van der Waals surface area contributed by atoms with Gasteiger partial charge in [-0.1, -0.05) is 0 Å². The maximum absolute atomic E-state index is 6.08. The number of rotatable bonds is 6. The molecular weight excluding hydrogens is 216 g/mol. The van der Waals surface area contributed by atoms with Crippen molar-refractivity contribution in [2.24, 2.45) is 5.73 Å². The number of piperidine rings is 1. The van der Waals surface area contributed by atoms with E-state index >= 15 is 0 Å². The van der Waals surface area contributed by atoms with Crippen LogP contribution in [0.1, 0.15) is 39.5 Å². The standard InChI is InChI=1S/C13H26N2O2/c1-3-16-13(17-4-2)9-15-11-5-6-12(15)8-10(14)7-11/h10-13H,3-9,14H2,1-2H3. The Morgan fingerprint density at radius 3 is 2.12 bits per heavy atom. The molecule has 0 amide bonds. The summed E-state index contributed by atoms with van der Waals surface area (Å²) in [6.07, 6.45) is 4.80. The van der Waals surface area contributed by atoms with Crippen LogP contribution in [0.25, 0.3) is 0 Å². The summed E-state index contributed by atoms with van der Waals surface area (Å²) in [5.41, 5.74) is 6.08. The van der Waals surface area contributed by atoms with Gasteiger partial charge in [-0.3, -0.25) is 4.90 Å². The number of nitrogens with two attached hydrogens (primary N) is 1. The van der Waals surface area contributed by atoms with E-state index in [1.54, 1.807) is 0 Å². The highest BCUT2D eigenvalue weighted by atomic mass is 16.7. The fourth-order valence-corrected chi connectivity index (χ4v) is 3.31. The van der Waals surface area contributed by atoms with Crippen LogP contribution in [-0.2, 0) is 9.47 Å². The highest BCUT2D eigenvalue weighted by Crippen LogP contribution is 2.35. The Morgan fingerprint density at radius 2 is 1.65 bits per heavy atom. The number of ether oxygens (including phenoxy) is 2. The van der Waals surface area contributed by atoms with Crippen LogP contribution in [0.2, 0.25) is 0 Å². The van der Waals surface area contributed by atoms with Crippen LogP contribution in [0.15, 0.2) is 0 Å². The molecule has 100 valence electrons. The van der Waals surface area contributed by atoms with Gasteiger partial charge in [0.1, 0.15) is 0 Å². The zero-order valence-corrected chi connectivity index (χ0v) is 11.1. The minimum atomic E-state index is -0.0672. The lowest BCUT2D eigenvalue weighted by atomic mass is 9.98. The van der Waals surface area contributed by atoms with Crippen LogP contribution in [0, 0.1) is 0 Å². The van der Waals surface area contributed by atoms with Crippen molar-refractivity contribution in [3.8, 4) is 0 Å². The predicted molar refractivity (Wildman–Crippen MR) is 67.8 cm³/mol. The smallest absolute Gasteiger partial charge is 0.170 e. The van der Waals surface area contributed by atoms with Crippen molar-refractivity contribution in [3.63, 3.8) is 0 Å². The van der Waals surface area contributed by atoms with Crippen molar-refractivity contribution in [1.29, 1.82) is 0 Å². The highest BCUT2D eigenvalue weighted by molar-refractivity contribution is 4.96. The van der Waals surface area contributed by atoms with Gasteiger partial charge in [0.25, 0.3) is 0 Å². The third-order valence-corrected chi connectivity index (χ3v) is 3.99. The van der Waals surface area contributed by atoms with Crippen molar-refractivity contribution in [2.75, 3.05) is 19.8 Å². The molecule has 2 saturated heterocycles. The van der Waals surface area contributed by atoms with Crippen molar-refractivity contribution in [2.45, 2.75) is 63.9 Å². The molecule has 0 radical (unpaired) electrons. The van der Waals surface area contributed by atoms with Gasteiger partial charge in [0, 0.05) is 31.3 Å². The molecule has 0 saturated carbocycles. The van der Waals surface area contributed by atoms with E-state index in [0.29, 0.717) is 31.3 Å². The van der Waals surface area contributed by atoms with Crippen LogP contribution in [0.4, 0.5) is 0 Å². The van der Waals surface area contributed by atoms with Gasteiger partial charge < -0.3 is 15.2 Å². The van der Waals surface area contributed by atoms with Crippen LogP contribution < -0.4 is 5.73 Å². The third-order valence-electron chi connectivity index (χ3n) is 3.99. The largest absolute Gasteiger partial charge is 0.352 e. The van der Waals surface area contributed by atoms with E-state index < -0.39 is 0 Å². The second-order valence-corrected chi connectivity index (χ2v) is 5.15. The summed E-state index contributed by atoms with van der Waals surface area (Å²) in [7, 11) is 0. The van der Waals surface area contributed by atoms with Crippen LogP contribution in [0.5, 0.6) is 0 Å². The van der Waals surface area contributed by atoms with Crippen molar-refractivity contribution in [3.05, 3.63) is 0 Å². The summed E-state index contributed by atoms with van der Waals surface area (Å²) in [5.74, 6) is 0. The van der Waals surface area contributed by atoms with E-state index in [9.17, 15) is 0 Å². The summed E-state index contributed by atoms with van der Waals surface area (Å²) >= 11 is 0. The maximum Gasteiger partial charge on any atom is 0.170 e. The molecule has 2 fully saturated rings. The first-order chi connectivity index (χ1) is 8.24. The minimum Gasteiger partial charge on any atom is -0.352 e. The van der Waals surface area contributed by atoms with E-state index in [-0.39, 0.29) is 6.29 Å². The molecule has 2 unspecified atom stereocenters. The SMILES string of the molecule is CCOC(CN1C2CCC1CC(N)C2)OCC. The number of fused-ring (bicyclic) bond motifs is 2. The summed E-state index contributed by atoms with van der Waals surface area (Å²) < 4.78 is 11.3. The Bertz CT molecular complexity index is 217. The summed E-state index contributed by atoms with van der Waals surface area (Å²) in [5, 5.41) is 0. The summed E-state index contributed by atoms with van der Waals surface area (Å²) in [6.45, 7) is 6.38. The van der Waals surface area contributed by atoms with Crippen LogP contribution in [0.3, 0.4) is 0 Å². The van der Waals surface area contributed by atoms with Gasteiger partial charge in [-0.25, -0.2) is 0 Å². The molecule has 0 aromatic rings. The molecule has 0 aliphatic carbocycles. The Kier molecular flexibility index (Phi) is 4.79. The molecule has 2 N–H and O–H groups in total. The van der Waals surface area contributed by atoms with E-state index in [1.165, 1.54) is 12.8 Å². The zero-order valence-electron chi connectivity index (χ0n) is 11.1. The quantitative estimate of drug-likeness (QED) is 0.714. The Labute approximate surface area is 104 Å². The van der Waals surface area contributed by atoms with Crippen molar-refractivity contribution < 1.29 is 9.47 Å². The molecule has 0 aromatic heterocycles. The van der Waals surface area contributed by atoms with Gasteiger partial charge in [-0.15, -0.1) is 0 Å². The van der Waals surface area contributed by atoms with Gasteiger partial charge in [-0.05, 0) is 39.5 Å². The lowest BCUT2D eigenvalue weighted by Crippen LogP contribution is -2.50. The molecule has 17 heavy (non-hydrogen) atoms. The fourth-order valence-electron chi connectivity index (χ4n) is 3.31. The van der Waals surface area contributed by atoms with Crippen LogP contribution in [-0.4, -0.2) is 49.1 Å². The summed E-state index contributed by atoms with van der Waals surface area (Å²) in [4.78, 5) is 2.57. The lowest BCUT2D eigenvalue weighted by molar-refractivity contribution is -0.153. The summed E-state index contributed by atoms with van der Waals surface area (Å²) in [6, 6.07) is 1.72. The average Bonchev–Trinajstić information content (AvgIpc) is 2.54. The molecule has 0 spiro atoms. The average molecular weight is 242 g/mol. The Balaban J connectivity index is 1.89. The first-order valence-electron chi connectivity index (χ1n) is 6.99. The molecule has 2 heterocycles. The van der Waals surface area contributed by atoms with E-state index in [1.807, 2.05) is 13.8 Å². The normalized spacial score (nSPS) is 33.5. The topological polar surface area (TPSA) is 47.7 Å². The Morgan fingerprint density at radius 1 is 1.12 bits per heavy atom. The Hall–Kier alpha value is -0.160. The molecule has 2 aliphatic heterocycles. The van der Waals surface area contributed by atoms with E-state index in [0.717, 1.165) is 19.4 Å². The number of nitrogens with zero attached hydrogens (tertiary/aromatic N) is 1. The third kappa shape index (κ3) is 3.19. The van der Waals surface area contributed by atoms with Crippen LogP contribution >= 0.6 is 0 Å². The molecule has 4 heteroatoms. The first-order valence-corrected chi connectivity index (χ1v) is 6.99. The lowest BCUT2D eigenvalue weighted by Gasteiger charge is -2.39. The molecular formula is C13H26N2O2. The van der Waals surface area contributed by atoms with Gasteiger partial charge in [0.15, 0.2) is 6.29 Å². The van der Waals surface area contributed by atoms with E-state index in [2.05, 4.69) is 4.90 Å². The van der Waals surface area contributed by atoms with Gasteiger partial charge in [-0.2, -0.15) is 0 Å². The molecule has 2 atom stereocenters.